The van der Waals surface area contributed by atoms with E-state index >= 15 is 0 Å². The van der Waals surface area contributed by atoms with E-state index in [9.17, 15) is 0 Å². The van der Waals surface area contributed by atoms with Gasteiger partial charge in [0.15, 0.2) is 0 Å². The van der Waals surface area contributed by atoms with Gasteiger partial charge in [0.1, 0.15) is 0 Å². The Bertz CT molecular complexity index is 822. The number of benzene rings is 1. The molecule has 0 spiro atoms. The molecule has 3 heterocycles. The van der Waals surface area contributed by atoms with Crippen molar-refractivity contribution in [2.24, 2.45) is 0 Å². The maximum Gasteiger partial charge on any atom is 0.225 e. The molecule has 2 N–H and O–H groups in total. The Kier molecular flexibility index (Phi) is 4.03. The SMILES string of the molecule is CC(c1ccc2ncsc2c1)N1CCN(c2ncc(N)cn2)CC1. The van der Waals surface area contributed by atoms with Crippen LogP contribution in [0.25, 0.3) is 10.2 Å². The van der Waals surface area contributed by atoms with Crippen molar-refractivity contribution >= 4 is 33.2 Å². The molecular weight excluding hydrogens is 320 g/mol. The van der Waals surface area contributed by atoms with E-state index in [-0.39, 0.29) is 0 Å². The van der Waals surface area contributed by atoms with Crippen LogP contribution < -0.4 is 10.6 Å². The number of nitrogen functional groups attached to an aromatic ring is 1. The maximum absolute atomic E-state index is 5.66. The highest BCUT2D eigenvalue weighted by molar-refractivity contribution is 7.16. The van der Waals surface area contributed by atoms with Gasteiger partial charge in [-0.25, -0.2) is 15.0 Å². The first-order valence-electron chi connectivity index (χ1n) is 8.10. The molecule has 0 radical (unpaired) electrons. The van der Waals surface area contributed by atoms with E-state index in [1.165, 1.54) is 10.3 Å². The average molecular weight is 340 g/mol. The van der Waals surface area contributed by atoms with Gasteiger partial charge in [-0.05, 0) is 24.6 Å². The molecule has 0 amide bonds. The highest BCUT2D eigenvalue weighted by Gasteiger charge is 2.23. The zero-order valence-electron chi connectivity index (χ0n) is 13.6. The van der Waals surface area contributed by atoms with Crippen LogP contribution in [0.1, 0.15) is 18.5 Å². The molecule has 1 saturated heterocycles. The molecule has 1 fully saturated rings. The molecule has 1 aliphatic rings. The Hall–Kier alpha value is -2.25. The Morgan fingerprint density at radius 2 is 1.83 bits per heavy atom. The summed E-state index contributed by atoms with van der Waals surface area (Å²) in [5, 5.41) is 0. The molecule has 3 aromatic rings. The number of fused-ring (bicyclic) bond motifs is 1. The number of nitrogens with zero attached hydrogens (tertiary/aromatic N) is 5. The van der Waals surface area contributed by atoms with Gasteiger partial charge >= 0.3 is 0 Å². The van der Waals surface area contributed by atoms with Crippen LogP contribution in [0.4, 0.5) is 11.6 Å². The first-order valence-corrected chi connectivity index (χ1v) is 8.98. The standard InChI is InChI=1S/C17H20N6S/c1-12(13-2-3-15-16(8-13)24-11-21-15)22-4-6-23(7-5-22)17-19-9-14(18)10-20-17/h2-3,8-12H,4-7,18H2,1H3. The van der Waals surface area contributed by atoms with Crippen molar-refractivity contribution in [3.8, 4) is 0 Å². The number of hydrogen-bond donors (Lipinski definition) is 1. The lowest BCUT2D eigenvalue weighted by molar-refractivity contribution is 0.198. The van der Waals surface area contributed by atoms with E-state index in [0.29, 0.717) is 11.7 Å². The van der Waals surface area contributed by atoms with E-state index < -0.39 is 0 Å². The number of nitrogens with two attached hydrogens (primary N) is 1. The predicted octanol–water partition coefficient (Wildman–Crippen LogP) is 2.55. The van der Waals surface area contributed by atoms with Gasteiger partial charge in [-0.15, -0.1) is 11.3 Å². The molecule has 1 aliphatic heterocycles. The van der Waals surface area contributed by atoms with Crippen molar-refractivity contribution in [1.29, 1.82) is 0 Å². The van der Waals surface area contributed by atoms with Crippen molar-refractivity contribution in [3.05, 3.63) is 41.7 Å². The molecule has 0 saturated carbocycles. The quantitative estimate of drug-likeness (QED) is 0.790. The number of rotatable bonds is 3. The van der Waals surface area contributed by atoms with Crippen LogP contribution in [0, 0.1) is 0 Å². The van der Waals surface area contributed by atoms with Crippen LogP contribution in [-0.4, -0.2) is 46.0 Å². The fourth-order valence-corrected chi connectivity index (χ4v) is 3.87. The summed E-state index contributed by atoms with van der Waals surface area (Å²) >= 11 is 1.70. The molecule has 0 bridgehead atoms. The molecule has 0 aliphatic carbocycles. The van der Waals surface area contributed by atoms with Crippen molar-refractivity contribution in [2.75, 3.05) is 36.8 Å². The van der Waals surface area contributed by atoms with E-state index in [1.807, 2.05) is 5.51 Å². The van der Waals surface area contributed by atoms with Gasteiger partial charge in [0.05, 0.1) is 33.8 Å². The Labute approximate surface area is 145 Å². The molecule has 6 nitrogen and oxygen atoms in total. The second-order valence-corrected chi connectivity index (χ2v) is 6.98. The van der Waals surface area contributed by atoms with Gasteiger partial charge in [0, 0.05) is 32.2 Å². The third-order valence-corrected chi connectivity index (χ3v) is 5.43. The van der Waals surface area contributed by atoms with Crippen LogP contribution in [0.15, 0.2) is 36.1 Å². The van der Waals surface area contributed by atoms with Crippen LogP contribution in [0.3, 0.4) is 0 Å². The summed E-state index contributed by atoms with van der Waals surface area (Å²) in [7, 11) is 0. The van der Waals surface area contributed by atoms with Gasteiger partial charge in [-0.3, -0.25) is 4.90 Å². The zero-order valence-corrected chi connectivity index (χ0v) is 14.4. The smallest absolute Gasteiger partial charge is 0.225 e. The molecule has 1 atom stereocenters. The Morgan fingerprint density at radius 3 is 2.58 bits per heavy atom. The fourth-order valence-electron chi connectivity index (χ4n) is 3.15. The Balaban J connectivity index is 1.43. The minimum atomic E-state index is 0.394. The largest absolute Gasteiger partial charge is 0.396 e. The van der Waals surface area contributed by atoms with E-state index in [1.54, 1.807) is 23.7 Å². The molecule has 2 aromatic heterocycles. The van der Waals surface area contributed by atoms with Crippen molar-refractivity contribution in [2.45, 2.75) is 13.0 Å². The fraction of sp³-hybridized carbons (Fsp3) is 0.353. The summed E-state index contributed by atoms with van der Waals surface area (Å²) in [5.41, 5.74) is 10.6. The van der Waals surface area contributed by atoms with Gasteiger partial charge in [-0.2, -0.15) is 0 Å². The lowest BCUT2D eigenvalue weighted by Crippen LogP contribution is -2.47. The lowest BCUT2D eigenvalue weighted by Gasteiger charge is -2.38. The highest BCUT2D eigenvalue weighted by Crippen LogP contribution is 2.27. The van der Waals surface area contributed by atoms with E-state index in [4.69, 9.17) is 5.73 Å². The van der Waals surface area contributed by atoms with E-state index in [0.717, 1.165) is 37.6 Å². The molecule has 4 rings (SSSR count). The summed E-state index contributed by atoms with van der Waals surface area (Å²) in [4.78, 5) is 17.7. The van der Waals surface area contributed by atoms with Gasteiger partial charge in [0.25, 0.3) is 0 Å². The third-order valence-electron chi connectivity index (χ3n) is 4.64. The molecule has 124 valence electrons. The van der Waals surface area contributed by atoms with E-state index in [2.05, 4.69) is 49.9 Å². The maximum atomic E-state index is 5.66. The first kappa shape index (κ1) is 15.3. The topological polar surface area (TPSA) is 71.2 Å². The summed E-state index contributed by atoms with van der Waals surface area (Å²) in [6, 6.07) is 6.98. The normalized spacial score (nSPS) is 17.3. The highest BCUT2D eigenvalue weighted by atomic mass is 32.1. The molecule has 1 aromatic carbocycles. The summed E-state index contributed by atoms with van der Waals surface area (Å²) in [5.74, 6) is 0.766. The average Bonchev–Trinajstić information content (AvgIpc) is 3.09. The summed E-state index contributed by atoms with van der Waals surface area (Å²) in [6.45, 7) is 6.12. The summed E-state index contributed by atoms with van der Waals surface area (Å²) < 4.78 is 1.26. The second-order valence-electron chi connectivity index (χ2n) is 6.09. The van der Waals surface area contributed by atoms with Crippen molar-refractivity contribution in [1.82, 2.24) is 19.9 Å². The molecule has 1 unspecified atom stereocenters. The van der Waals surface area contributed by atoms with Crippen molar-refractivity contribution < 1.29 is 0 Å². The van der Waals surface area contributed by atoms with Gasteiger partial charge in [-0.1, -0.05) is 6.07 Å². The number of aromatic nitrogens is 3. The van der Waals surface area contributed by atoms with Gasteiger partial charge in [0.2, 0.25) is 5.95 Å². The van der Waals surface area contributed by atoms with Crippen LogP contribution in [0.5, 0.6) is 0 Å². The van der Waals surface area contributed by atoms with Crippen molar-refractivity contribution in [3.63, 3.8) is 0 Å². The summed E-state index contributed by atoms with van der Waals surface area (Å²) in [6.07, 6.45) is 3.34. The second kappa shape index (κ2) is 6.33. The molecular formula is C17H20N6S. The number of hydrogen-bond acceptors (Lipinski definition) is 7. The Morgan fingerprint density at radius 1 is 1.08 bits per heavy atom. The first-order chi connectivity index (χ1) is 11.7. The number of anilines is 2. The van der Waals surface area contributed by atoms with Crippen LogP contribution in [-0.2, 0) is 0 Å². The van der Waals surface area contributed by atoms with Crippen LogP contribution in [0.2, 0.25) is 0 Å². The molecule has 24 heavy (non-hydrogen) atoms. The monoisotopic (exact) mass is 340 g/mol. The molecule has 7 heteroatoms. The van der Waals surface area contributed by atoms with Crippen LogP contribution >= 0.6 is 11.3 Å². The predicted molar refractivity (Wildman–Crippen MR) is 98.3 cm³/mol. The minimum absolute atomic E-state index is 0.394. The number of piperazine rings is 1. The van der Waals surface area contributed by atoms with Gasteiger partial charge < -0.3 is 10.6 Å². The third kappa shape index (κ3) is 2.92. The zero-order chi connectivity index (χ0) is 16.5. The minimum Gasteiger partial charge on any atom is -0.396 e. The number of thiazole rings is 1. The lowest BCUT2D eigenvalue weighted by atomic mass is 10.1.